The van der Waals surface area contributed by atoms with Crippen LogP contribution >= 0.6 is 11.8 Å². The van der Waals surface area contributed by atoms with Crippen LogP contribution in [-0.4, -0.2) is 21.7 Å². The number of amides is 1. The lowest BCUT2D eigenvalue weighted by atomic mass is 10.1. The largest absolute Gasteiger partial charge is 0.508 e. The molecule has 1 heterocycles. The van der Waals surface area contributed by atoms with Gasteiger partial charge in [-0.25, -0.2) is 5.43 Å². The lowest BCUT2D eigenvalue weighted by Crippen LogP contribution is -2.19. The van der Waals surface area contributed by atoms with Crippen LogP contribution in [-0.2, 0) is 5.75 Å². The Morgan fingerprint density at radius 2 is 1.68 bits per heavy atom. The minimum Gasteiger partial charge on any atom is -0.508 e. The summed E-state index contributed by atoms with van der Waals surface area (Å²) in [4.78, 5) is 18.0. The molecule has 1 amide bonds. The molecule has 0 fully saturated rings. The van der Waals surface area contributed by atoms with E-state index in [9.17, 15) is 9.90 Å². The first kappa shape index (κ1) is 20.6. The number of benzene rings is 3. The minimum atomic E-state index is -0.268. The number of hydrogen-bond donors (Lipinski definition) is 2. The van der Waals surface area contributed by atoms with Crippen molar-refractivity contribution < 1.29 is 9.90 Å². The molecule has 31 heavy (non-hydrogen) atoms. The van der Waals surface area contributed by atoms with Crippen molar-refractivity contribution in [2.75, 3.05) is 0 Å². The normalized spacial score (nSPS) is 11.5. The molecule has 0 spiro atoms. The molecular weight excluding hydrogens is 406 g/mol. The average Bonchev–Trinajstić information content (AvgIpc) is 2.81. The zero-order valence-corrected chi connectivity index (χ0v) is 17.8. The number of para-hydroxylation sites is 1. The first-order chi connectivity index (χ1) is 15.1. The number of phenols is 1. The molecule has 2 N–H and O–H groups in total. The zero-order valence-electron chi connectivity index (χ0n) is 16.9. The fourth-order valence-corrected chi connectivity index (χ4v) is 4.07. The van der Waals surface area contributed by atoms with Gasteiger partial charge in [-0.05, 0) is 66.6 Å². The number of pyridine rings is 1. The number of carbonyl (C=O) groups excluding carboxylic acids is 1. The highest BCUT2D eigenvalue weighted by Gasteiger charge is 2.07. The number of nitrogens with one attached hydrogen (secondary N) is 1. The highest BCUT2D eigenvalue weighted by molar-refractivity contribution is 7.98. The topological polar surface area (TPSA) is 74.6 Å². The molecule has 4 rings (SSSR count). The maximum absolute atomic E-state index is 12.4. The Kier molecular flexibility index (Phi) is 6.29. The van der Waals surface area contributed by atoms with Gasteiger partial charge in [0.15, 0.2) is 0 Å². The van der Waals surface area contributed by atoms with E-state index in [2.05, 4.69) is 33.7 Å². The first-order valence-corrected chi connectivity index (χ1v) is 10.8. The van der Waals surface area contributed by atoms with Crippen LogP contribution in [0.4, 0.5) is 0 Å². The van der Waals surface area contributed by atoms with Gasteiger partial charge in [0.25, 0.3) is 5.91 Å². The van der Waals surface area contributed by atoms with Crippen LogP contribution < -0.4 is 5.43 Å². The SMILES string of the molecule is CC(=NNC(=O)c1ccc(CSc2cccc3cccnc23)cc1)c1ccc(O)cc1. The molecule has 0 aliphatic heterocycles. The molecule has 0 bridgehead atoms. The third kappa shape index (κ3) is 5.10. The molecule has 4 aromatic rings. The maximum Gasteiger partial charge on any atom is 0.271 e. The average molecular weight is 428 g/mol. The summed E-state index contributed by atoms with van der Waals surface area (Å²) >= 11 is 1.73. The minimum absolute atomic E-state index is 0.190. The maximum atomic E-state index is 12.4. The van der Waals surface area contributed by atoms with Crippen LogP contribution in [0.3, 0.4) is 0 Å². The Balaban J connectivity index is 1.38. The van der Waals surface area contributed by atoms with Gasteiger partial charge in [-0.2, -0.15) is 5.10 Å². The number of aromatic hydroxyl groups is 1. The number of thioether (sulfide) groups is 1. The Morgan fingerprint density at radius 1 is 0.968 bits per heavy atom. The molecule has 0 unspecified atom stereocenters. The van der Waals surface area contributed by atoms with Gasteiger partial charge in [0.1, 0.15) is 5.75 Å². The van der Waals surface area contributed by atoms with Gasteiger partial charge in [0.2, 0.25) is 0 Å². The number of rotatable bonds is 6. The van der Waals surface area contributed by atoms with E-state index in [1.165, 1.54) is 0 Å². The number of aromatic nitrogens is 1. The van der Waals surface area contributed by atoms with Crippen LogP contribution in [0, 0.1) is 0 Å². The smallest absolute Gasteiger partial charge is 0.271 e. The Hall–Kier alpha value is -3.64. The van der Waals surface area contributed by atoms with Gasteiger partial charge < -0.3 is 5.11 Å². The highest BCUT2D eigenvalue weighted by Crippen LogP contribution is 2.28. The third-order valence-corrected chi connectivity index (χ3v) is 5.93. The quantitative estimate of drug-likeness (QED) is 0.246. The van der Waals surface area contributed by atoms with Gasteiger partial charge in [-0.1, -0.05) is 30.3 Å². The Bertz CT molecular complexity index is 1230. The van der Waals surface area contributed by atoms with Crippen molar-refractivity contribution in [2.24, 2.45) is 5.10 Å². The molecule has 5 nitrogen and oxygen atoms in total. The van der Waals surface area contributed by atoms with Crippen molar-refractivity contribution in [2.45, 2.75) is 17.6 Å². The first-order valence-electron chi connectivity index (χ1n) is 9.80. The van der Waals surface area contributed by atoms with Crippen molar-refractivity contribution in [1.29, 1.82) is 0 Å². The molecule has 0 saturated carbocycles. The molecule has 6 heteroatoms. The van der Waals surface area contributed by atoms with Crippen molar-refractivity contribution in [3.05, 3.63) is 102 Å². The predicted molar refractivity (Wildman–Crippen MR) is 126 cm³/mol. The van der Waals surface area contributed by atoms with Crippen molar-refractivity contribution in [1.82, 2.24) is 10.4 Å². The summed E-state index contributed by atoms with van der Waals surface area (Å²) in [5.41, 5.74) is 6.74. The van der Waals surface area contributed by atoms with Crippen LogP contribution in [0.25, 0.3) is 10.9 Å². The van der Waals surface area contributed by atoms with Gasteiger partial charge in [0.05, 0.1) is 11.2 Å². The summed E-state index contributed by atoms with van der Waals surface area (Å²) in [6.45, 7) is 1.80. The van der Waals surface area contributed by atoms with Crippen molar-refractivity contribution in [3.8, 4) is 5.75 Å². The molecule has 154 valence electrons. The fourth-order valence-electron chi connectivity index (χ4n) is 3.07. The molecule has 1 aromatic heterocycles. The van der Waals surface area contributed by atoms with E-state index in [0.717, 1.165) is 32.7 Å². The van der Waals surface area contributed by atoms with E-state index >= 15 is 0 Å². The van der Waals surface area contributed by atoms with E-state index in [1.54, 1.807) is 55.1 Å². The summed E-state index contributed by atoms with van der Waals surface area (Å²) < 4.78 is 0. The highest BCUT2D eigenvalue weighted by atomic mass is 32.2. The van der Waals surface area contributed by atoms with E-state index < -0.39 is 0 Å². The van der Waals surface area contributed by atoms with E-state index in [1.807, 2.05) is 30.5 Å². The van der Waals surface area contributed by atoms with Crippen LogP contribution in [0.5, 0.6) is 5.75 Å². The number of hydrogen-bond acceptors (Lipinski definition) is 5. The molecule has 0 aliphatic carbocycles. The third-order valence-electron chi connectivity index (χ3n) is 4.82. The Labute approximate surface area is 184 Å². The second-order valence-corrected chi connectivity index (χ2v) is 8.02. The molecule has 0 aliphatic rings. The predicted octanol–water partition coefficient (Wildman–Crippen LogP) is 5.39. The van der Waals surface area contributed by atoms with Gasteiger partial charge in [0, 0.05) is 27.8 Å². The van der Waals surface area contributed by atoms with Gasteiger partial charge in [-0.3, -0.25) is 9.78 Å². The Morgan fingerprint density at radius 3 is 2.45 bits per heavy atom. The molecule has 0 radical (unpaired) electrons. The van der Waals surface area contributed by atoms with Crippen molar-refractivity contribution in [3.63, 3.8) is 0 Å². The molecular formula is C25H21N3O2S. The summed E-state index contributed by atoms with van der Waals surface area (Å²) in [6, 6.07) is 24.4. The van der Waals surface area contributed by atoms with Crippen molar-refractivity contribution >= 4 is 34.3 Å². The summed E-state index contributed by atoms with van der Waals surface area (Å²) in [5, 5.41) is 14.6. The number of phenolic OH excluding ortho intramolecular Hbond substituents is 1. The lowest BCUT2D eigenvalue weighted by Gasteiger charge is -2.07. The number of nitrogens with zero attached hydrogens (tertiary/aromatic N) is 2. The summed E-state index contributed by atoms with van der Waals surface area (Å²) in [6.07, 6.45) is 1.81. The molecule has 0 saturated heterocycles. The summed E-state index contributed by atoms with van der Waals surface area (Å²) in [7, 11) is 0. The number of hydrazone groups is 1. The van der Waals surface area contributed by atoms with E-state index in [-0.39, 0.29) is 11.7 Å². The van der Waals surface area contributed by atoms with Gasteiger partial charge >= 0.3 is 0 Å². The summed E-state index contributed by atoms with van der Waals surface area (Å²) in [5.74, 6) is 0.710. The molecule has 3 aromatic carbocycles. The second-order valence-electron chi connectivity index (χ2n) is 7.00. The van der Waals surface area contributed by atoms with Gasteiger partial charge in [-0.15, -0.1) is 11.8 Å². The number of carbonyl (C=O) groups is 1. The zero-order chi connectivity index (χ0) is 21.6. The monoisotopic (exact) mass is 427 g/mol. The number of fused-ring (bicyclic) bond motifs is 1. The van der Waals surface area contributed by atoms with Crippen LogP contribution in [0.1, 0.15) is 28.4 Å². The van der Waals surface area contributed by atoms with Crippen LogP contribution in [0.2, 0.25) is 0 Å². The lowest BCUT2D eigenvalue weighted by molar-refractivity contribution is 0.0955. The second kappa shape index (κ2) is 9.45. The fraction of sp³-hybridized carbons (Fsp3) is 0.0800. The molecule has 0 atom stereocenters. The van der Waals surface area contributed by atoms with E-state index in [4.69, 9.17) is 0 Å². The van der Waals surface area contributed by atoms with Crippen LogP contribution in [0.15, 0.2) is 95.1 Å². The standard InChI is InChI=1S/C25H21N3O2S/c1-17(19-11-13-22(29)14-12-19)27-28-25(30)21-9-7-18(8-10-21)16-31-23-6-2-4-20-5-3-15-26-24(20)23/h2-15,29H,16H2,1H3,(H,28,30). The van der Waals surface area contributed by atoms with E-state index in [0.29, 0.717) is 11.3 Å².